The molecule has 0 unspecified atom stereocenters. The Balaban J connectivity index is 1.52. The van der Waals surface area contributed by atoms with Gasteiger partial charge in [-0.25, -0.2) is 0 Å². The van der Waals surface area contributed by atoms with Gasteiger partial charge in [0.05, 0.1) is 5.56 Å². The van der Waals surface area contributed by atoms with Crippen LogP contribution in [-0.2, 0) is 11.0 Å². The summed E-state index contributed by atoms with van der Waals surface area (Å²) in [6, 6.07) is 11.7. The van der Waals surface area contributed by atoms with Crippen molar-refractivity contribution >= 4 is 11.8 Å². The van der Waals surface area contributed by atoms with Gasteiger partial charge in [-0.3, -0.25) is 9.59 Å². The summed E-state index contributed by atoms with van der Waals surface area (Å²) in [5.41, 5.74) is 0.220. The van der Waals surface area contributed by atoms with E-state index in [2.05, 4.69) is 0 Å². The zero-order chi connectivity index (χ0) is 21.0. The molecular formula is C21H21F3N2O3. The molecule has 1 aliphatic rings. The highest BCUT2D eigenvalue weighted by Gasteiger charge is 2.32. The van der Waals surface area contributed by atoms with Crippen molar-refractivity contribution in [3.05, 3.63) is 65.2 Å². The molecule has 1 saturated heterocycles. The van der Waals surface area contributed by atoms with Crippen molar-refractivity contribution in [3.63, 3.8) is 0 Å². The third kappa shape index (κ3) is 5.28. The number of hydrogen-bond acceptors (Lipinski definition) is 3. The lowest BCUT2D eigenvalue weighted by molar-refractivity contribution is -0.137. The molecular weight excluding hydrogens is 385 g/mol. The third-order valence-corrected chi connectivity index (χ3v) is 4.74. The van der Waals surface area contributed by atoms with Crippen LogP contribution in [0.25, 0.3) is 0 Å². The highest BCUT2D eigenvalue weighted by molar-refractivity contribution is 5.94. The van der Waals surface area contributed by atoms with Crippen LogP contribution in [0.4, 0.5) is 13.2 Å². The maximum absolute atomic E-state index is 12.8. The maximum atomic E-state index is 12.8. The summed E-state index contributed by atoms with van der Waals surface area (Å²) in [6.45, 7) is 2.97. The molecule has 1 heterocycles. The second-order valence-electron chi connectivity index (χ2n) is 6.85. The SMILES string of the molecule is Cc1ccc(OCC(=O)N2CCN(C(=O)c3cccc(C(F)(F)F)c3)CC2)cc1. The molecule has 2 aromatic rings. The molecule has 8 heteroatoms. The van der Waals surface area contributed by atoms with Gasteiger partial charge in [0.25, 0.3) is 11.8 Å². The van der Waals surface area contributed by atoms with Crippen LogP contribution < -0.4 is 4.74 Å². The van der Waals surface area contributed by atoms with Crippen molar-refractivity contribution in [2.24, 2.45) is 0 Å². The van der Waals surface area contributed by atoms with Crippen molar-refractivity contribution in [1.82, 2.24) is 9.80 Å². The lowest BCUT2D eigenvalue weighted by atomic mass is 10.1. The van der Waals surface area contributed by atoms with Gasteiger partial charge < -0.3 is 14.5 Å². The van der Waals surface area contributed by atoms with Crippen molar-refractivity contribution in [3.8, 4) is 5.75 Å². The molecule has 29 heavy (non-hydrogen) atoms. The number of alkyl halides is 3. The molecule has 0 aliphatic carbocycles. The summed E-state index contributed by atoms with van der Waals surface area (Å²) in [5.74, 6) is -0.0712. The van der Waals surface area contributed by atoms with Crippen LogP contribution in [-0.4, -0.2) is 54.4 Å². The standard InChI is InChI=1S/C21H21F3N2O3/c1-15-5-7-18(8-6-15)29-14-19(27)25-9-11-26(12-10-25)20(28)16-3-2-4-17(13-16)21(22,23)24/h2-8,13H,9-12,14H2,1H3. The molecule has 3 rings (SSSR count). The van der Waals surface area contributed by atoms with Gasteiger partial charge in [-0.15, -0.1) is 0 Å². The van der Waals surface area contributed by atoms with Gasteiger partial charge in [-0.05, 0) is 37.3 Å². The number of carbonyl (C=O) groups is 2. The first-order valence-corrected chi connectivity index (χ1v) is 9.18. The molecule has 2 aromatic carbocycles. The fraction of sp³-hybridized carbons (Fsp3) is 0.333. The van der Waals surface area contributed by atoms with Crippen LogP contribution in [0.2, 0.25) is 0 Å². The van der Waals surface area contributed by atoms with E-state index in [0.29, 0.717) is 18.8 Å². The Kier molecular flexibility index (Phi) is 6.10. The van der Waals surface area contributed by atoms with Gasteiger partial charge in [0.2, 0.25) is 0 Å². The van der Waals surface area contributed by atoms with Crippen LogP contribution in [0.3, 0.4) is 0 Å². The van der Waals surface area contributed by atoms with E-state index in [-0.39, 0.29) is 31.2 Å². The summed E-state index contributed by atoms with van der Waals surface area (Å²) in [7, 11) is 0. The molecule has 0 atom stereocenters. The van der Waals surface area contributed by atoms with E-state index < -0.39 is 17.6 Å². The minimum absolute atomic E-state index is 0.0118. The first-order valence-electron chi connectivity index (χ1n) is 9.18. The molecule has 0 spiro atoms. The zero-order valence-corrected chi connectivity index (χ0v) is 15.9. The highest BCUT2D eigenvalue weighted by Crippen LogP contribution is 2.29. The Bertz CT molecular complexity index is 873. The number of rotatable bonds is 4. The van der Waals surface area contributed by atoms with Crippen molar-refractivity contribution in [2.75, 3.05) is 32.8 Å². The largest absolute Gasteiger partial charge is 0.484 e. The van der Waals surface area contributed by atoms with E-state index in [1.54, 1.807) is 17.0 Å². The van der Waals surface area contributed by atoms with E-state index in [9.17, 15) is 22.8 Å². The molecule has 0 N–H and O–H groups in total. The third-order valence-electron chi connectivity index (χ3n) is 4.74. The maximum Gasteiger partial charge on any atom is 0.416 e. The second kappa shape index (κ2) is 8.55. The minimum atomic E-state index is -4.50. The van der Waals surface area contributed by atoms with Crippen LogP contribution in [0.5, 0.6) is 5.75 Å². The number of amides is 2. The molecule has 1 fully saturated rings. The van der Waals surface area contributed by atoms with E-state index in [0.717, 1.165) is 17.7 Å². The number of nitrogens with zero attached hydrogens (tertiary/aromatic N) is 2. The molecule has 0 bridgehead atoms. The number of ether oxygens (including phenoxy) is 1. The fourth-order valence-corrected chi connectivity index (χ4v) is 3.04. The lowest BCUT2D eigenvalue weighted by Crippen LogP contribution is -2.51. The Hall–Kier alpha value is -3.03. The number of halogens is 3. The van der Waals surface area contributed by atoms with E-state index in [4.69, 9.17) is 4.74 Å². The minimum Gasteiger partial charge on any atom is -0.484 e. The predicted octanol–water partition coefficient (Wildman–Crippen LogP) is 3.38. The quantitative estimate of drug-likeness (QED) is 0.782. The Morgan fingerprint density at radius 1 is 0.966 bits per heavy atom. The van der Waals surface area contributed by atoms with Crippen LogP contribution in [0, 0.1) is 6.92 Å². The van der Waals surface area contributed by atoms with Crippen LogP contribution in [0.1, 0.15) is 21.5 Å². The van der Waals surface area contributed by atoms with Gasteiger partial charge >= 0.3 is 6.18 Å². The van der Waals surface area contributed by atoms with E-state index >= 15 is 0 Å². The van der Waals surface area contributed by atoms with Gasteiger partial charge in [0, 0.05) is 31.7 Å². The number of aryl methyl sites for hydroxylation is 1. The summed E-state index contributed by atoms with van der Waals surface area (Å²) in [6.07, 6.45) is -4.50. The highest BCUT2D eigenvalue weighted by atomic mass is 19.4. The first-order chi connectivity index (χ1) is 13.7. The average molecular weight is 406 g/mol. The predicted molar refractivity (Wildman–Crippen MR) is 101 cm³/mol. The number of piperazine rings is 1. The lowest BCUT2D eigenvalue weighted by Gasteiger charge is -2.34. The monoisotopic (exact) mass is 406 g/mol. The topological polar surface area (TPSA) is 49.9 Å². The molecule has 5 nitrogen and oxygen atoms in total. The number of carbonyl (C=O) groups excluding carboxylic acids is 2. The molecule has 0 radical (unpaired) electrons. The summed E-state index contributed by atoms with van der Waals surface area (Å²) < 4.78 is 44.0. The van der Waals surface area contributed by atoms with Crippen molar-refractivity contribution < 1.29 is 27.5 Å². The smallest absolute Gasteiger partial charge is 0.416 e. The van der Waals surface area contributed by atoms with Gasteiger partial charge in [0.15, 0.2) is 6.61 Å². The molecule has 154 valence electrons. The number of benzene rings is 2. The average Bonchev–Trinajstić information content (AvgIpc) is 2.72. The summed E-state index contributed by atoms with van der Waals surface area (Å²) >= 11 is 0. The van der Waals surface area contributed by atoms with Gasteiger partial charge in [-0.1, -0.05) is 23.8 Å². The Labute approximate surface area is 166 Å². The molecule has 0 aromatic heterocycles. The number of hydrogen-bond donors (Lipinski definition) is 0. The van der Waals surface area contributed by atoms with E-state index in [1.807, 2.05) is 19.1 Å². The normalized spacial score (nSPS) is 14.6. The Morgan fingerprint density at radius 3 is 2.21 bits per heavy atom. The molecule has 0 saturated carbocycles. The fourth-order valence-electron chi connectivity index (χ4n) is 3.04. The summed E-state index contributed by atoms with van der Waals surface area (Å²) in [4.78, 5) is 27.9. The van der Waals surface area contributed by atoms with Crippen molar-refractivity contribution in [2.45, 2.75) is 13.1 Å². The first kappa shape index (κ1) is 20.7. The van der Waals surface area contributed by atoms with E-state index in [1.165, 1.54) is 17.0 Å². The summed E-state index contributed by atoms with van der Waals surface area (Å²) in [5, 5.41) is 0. The van der Waals surface area contributed by atoms with Gasteiger partial charge in [0.1, 0.15) is 5.75 Å². The molecule has 2 amide bonds. The van der Waals surface area contributed by atoms with Gasteiger partial charge in [-0.2, -0.15) is 13.2 Å². The van der Waals surface area contributed by atoms with Crippen LogP contribution >= 0.6 is 0 Å². The molecule has 1 aliphatic heterocycles. The van der Waals surface area contributed by atoms with Crippen LogP contribution in [0.15, 0.2) is 48.5 Å². The Morgan fingerprint density at radius 2 is 1.59 bits per heavy atom. The zero-order valence-electron chi connectivity index (χ0n) is 15.9. The second-order valence-corrected chi connectivity index (χ2v) is 6.85. The van der Waals surface area contributed by atoms with Crippen molar-refractivity contribution in [1.29, 1.82) is 0 Å².